The fourth-order valence-corrected chi connectivity index (χ4v) is 3.36. The van der Waals surface area contributed by atoms with Gasteiger partial charge in [0.05, 0.1) is 23.7 Å². The summed E-state index contributed by atoms with van der Waals surface area (Å²) < 4.78 is 26.6. The SMILES string of the molecule is N#Cc1ccc(CN2CCCN(C(=O)CNC(=O)c3ccc(F)cc3F)CC2)cc1. The lowest BCUT2D eigenvalue weighted by molar-refractivity contribution is -0.130. The van der Waals surface area contributed by atoms with Gasteiger partial charge in [0.1, 0.15) is 11.6 Å². The quantitative estimate of drug-likeness (QED) is 0.818. The number of amides is 2. The maximum atomic E-state index is 13.7. The van der Waals surface area contributed by atoms with Crippen LogP contribution in [-0.4, -0.2) is 54.3 Å². The molecule has 0 spiro atoms. The van der Waals surface area contributed by atoms with Crippen molar-refractivity contribution in [2.45, 2.75) is 13.0 Å². The molecule has 1 N–H and O–H groups in total. The topological polar surface area (TPSA) is 76.4 Å². The van der Waals surface area contributed by atoms with Gasteiger partial charge in [-0.3, -0.25) is 14.5 Å². The van der Waals surface area contributed by atoms with Crippen molar-refractivity contribution in [2.75, 3.05) is 32.7 Å². The predicted molar refractivity (Wildman–Crippen MR) is 106 cm³/mol. The van der Waals surface area contributed by atoms with Crippen LogP contribution in [0.2, 0.25) is 0 Å². The molecule has 0 unspecified atom stereocenters. The van der Waals surface area contributed by atoms with Crippen LogP contribution in [0.3, 0.4) is 0 Å². The number of hydrogen-bond acceptors (Lipinski definition) is 4. The fraction of sp³-hybridized carbons (Fsp3) is 0.318. The minimum absolute atomic E-state index is 0.244. The molecular formula is C22H22F2N4O2. The second-order valence-electron chi connectivity index (χ2n) is 7.13. The lowest BCUT2D eigenvalue weighted by Gasteiger charge is -2.22. The highest BCUT2D eigenvalue weighted by molar-refractivity contribution is 5.96. The van der Waals surface area contributed by atoms with Crippen molar-refractivity contribution in [3.8, 4) is 6.07 Å². The van der Waals surface area contributed by atoms with E-state index in [1.807, 2.05) is 12.1 Å². The van der Waals surface area contributed by atoms with E-state index in [1.54, 1.807) is 17.0 Å². The normalized spacial score (nSPS) is 14.6. The molecule has 0 atom stereocenters. The summed E-state index contributed by atoms with van der Waals surface area (Å²) in [7, 11) is 0. The predicted octanol–water partition coefficient (Wildman–Crippen LogP) is 2.30. The molecule has 0 aliphatic carbocycles. The molecule has 30 heavy (non-hydrogen) atoms. The Labute approximate surface area is 173 Å². The van der Waals surface area contributed by atoms with E-state index >= 15 is 0 Å². The molecule has 1 aliphatic rings. The van der Waals surface area contributed by atoms with Gasteiger partial charge in [0.2, 0.25) is 5.91 Å². The summed E-state index contributed by atoms with van der Waals surface area (Å²) in [6.07, 6.45) is 0.794. The molecule has 1 fully saturated rings. The van der Waals surface area contributed by atoms with Crippen LogP contribution >= 0.6 is 0 Å². The summed E-state index contributed by atoms with van der Waals surface area (Å²) in [5.74, 6) is -2.73. The lowest BCUT2D eigenvalue weighted by atomic mass is 10.1. The van der Waals surface area contributed by atoms with E-state index in [1.165, 1.54) is 0 Å². The van der Waals surface area contributed by atoms with E-state index in [9.17, 15) is 18.4 Å². The molecule has 3 rings (SSSR count). The van der Waals surface area contributed by atoms with Crippen molar-refractivity contribution in [1.82, 2.24) is 15.1 Å². The summed E-state index contributed by atoms with van der Waals surface area (Å²) in [4.78, 5) is 28.4. The molecular weight excluding hydrogens is 390 g/mol. The fourth-order valence-electron chi connectivity index (χ4n) is 3.36. The standard InChI is InChI=1S/C22H22F2N4O2/c23-18-6-7-19(20(24)12-18)22(30)26-14-21(29)28-9-1-8-27(10-11-28)15-17-4-2-16(13-25)3-5-17/h2-7,12H,1,8-11,14-15H2,(H,26,30). The molecule has 0 radical (unpaired) electrons. The van der Waals surface area contributed by atoms with Crippen molar-refractivity contribution >= 4 is 11.8 Å². The van der Waals surface area contributed by atoms with Crippen LogP contribution in [0.25, 0.3) is 0 Å². The van der Waals surface area contributed by atoms with Crippen molar-refractivity contribution in [2.24, 2.45) is 0 Å². The van der Waals surface area contributed by atoms with Gasteiger partial charge in [0.15, 0.2) is 0 Å². The van der Waals surface area contributed by atoms with Crippen LogP contribution in [0.1, 0.15) is 27.9 Å². The lowest BCUT2D eigenvalue weighted by Crippen LogP contribution is -2.42. The van der Waals surface area contributed by atoms with Crippen LogP contribution in [0.4, 0.5) is 8.78 Å². The van der Waals surface area contributed by atoms with Gasteiger partial charge in [-0.25, -0.2) is 8.78 Å². The number of benzene rings is 2. The molecule has 8 heteroatoms. The van der Waals surface area contributed by atoms with Crippen molar-refractivity contribution < 1.29 is 18.4 Å². The van der Waals surface area contributed by atoms with E-state index < -0.39 is 17.5 Å². The molecule has 6 nitrogen and oxygen atoms in total. The first kappa shape index (κ1) is 21.4. The van der Waals surface area contributed by atoms with Gasteiger partial charge in [-0.05, 0) is 36.2 Å². The van der Waals surface area contributed by atoms with E-state index in [-0.39, 0.29) is 18.0 Å². The van der Waals surface area contributed by atoms with Crippen LogP contribution in [0, 0.1) is 23.0 Å². The average molecular weight is 412 g/mol. The molecule has 2 aromatic carbocycles. The Morgan fingerprint density at radius 3 is 2.50 bits per heavy atom. The largest absolute Gasteiger partial charge is 0.343 e. The molecule has 1 heterocycles. The molecule has 1 aliphatic heterocycles. The van der Waals surface area contributed by atoms with Crippen LogP contribution in [-0.2, 0) is 11.3 Å². The number of carbonyl (C=O) groups is 2. The van der Waals surface area contributed by atoms with Crippen LogP contribution in [0.5, 0.6) is 0 Å². The Bertz CT molecular complexity index is 957. The first-order chi connectivity index (χ1) is 14.5. The number of nitrogens with one attached hydrogen (secondary N) is 1. The summed E-state index contributed by atoms with van der Waals surface area (Å²) in [6.45, 7) is 3.10. The number of rotatable bonds is 5. The highest BCUT2D eigenvalue weighted by Gasteiger charge is 2.20. The number of carbonyl (C=O) groups excluding carboxylic acids is 2. The molecule has 1 saturated heterocycles. The summed E-state index contributed by atoms with van der Waals surface area (Å²) in [6, 6.07) is 12.2. The molecule has 2 aromatic rings. The van der Waals surface area contributed by atoms with Gasteiger partial charge in [0.25, 0.3) is 5.91 Å². The number of nitrogens with zero attached hydrogens (tertiary/aromatic N) is 3. The summed E-state index contributed by atoms with van der Waals surface area (Å²) >= 11 is 0. The molecule has 156 valence electrons. The minimum Gasteiger partial charge on any atom is -0.343 e. The van der Waals surface area contributed by atoms with Gasteiger partial charge in [-0.15, -0.1) is 0 Å². The van der Waals surface area contributed by atoms with Gasteiger partial charge < -0.3 is 10.2 Å². The molecule has 0 aromatic heterocycles. The van der Waals surface area contributed by atoms with Crippen molar-refractivity contribution in [3.05, 3.63) is 70.8 Å². The maximum absolute atomic E-state index is 13.7. The Balaban J connectivity index is 1.49. The zero-order chi connectivity index (χ0) is 21.5. The number of halogens is 2. The summed E-state index contributed by atoms with van der Waals surface area (Å²) in [5, 5.41) is 11.3. The third kappa shape index (κ3) is 5.61. The minimum atomic E-state index is -0.965. The first-order valence-corrected chi connectivity index (χ1v) is 9.68. The Hall–Kier alpha value is -3.31. The highest BCUT2D eigenvalue weighted by atomic mass is 19.1. The second kappa shape index (κ2) is 9.94. The van der Waals surface area contributed by atoms with Crippen LogP contribution < -0.4 is 5.32 Å². The number of hydrogen-bond donors (Lipinski definition) is 1. The second-order valence-corrected chi connectivity index (χ2v) is 7.13. The zero-order valence-electron chi connectivity index (χ0n) is 16.4. The zero-order valence-corrected chi connectivity index (χ0v) is 16.4. The number of nitriles is 1. The molecule has 0 bridgehead atoms. The Kier molecular flexibility index (Phi) is 7.09. The first-order valence-electron chi connectivity index (χ1n) is 9.68. The Morgan fingerprint density at radius 1 is 1.03 bits per heavy atom. The average Bonchev–Trinajstić information content (AvgIpc) is 2.98. The molecule has 2 amide bonds. The van der Waals surface area contributed by atoms with E-state index in [0.29, 0.717) is 31.3 Å². The van der Waals surface area contributed by atoms with Crippen molar-refractivity contribution in [3.63, 3.8) is 0 Å². The third-order valence-electron chi connectivity index (χ3n) is 5.01. The van der Waals surface area contributed by atoms with E-state index in [2.05, 4.69) is 16.3 Å². The van der Waals surface area contributed by atoms with Gasteiger partial charge in [-0.1, -0.05) is 12.1 Å². The maximum Gasteiger partial charge on any atom is 0.254 e. The van der Waals surface area contributed by atoms with E-state index in [0.717, 1.165) is 37.2 Å². The summed E-state index contributed by atoms with van der Waals surface area (Å²) in [5.41, 5.74) is 1.42. The third-order valence-corrected chi connectivity index (χ3v) is 5.01. The highest BCUT2D eigenvalue weighted by Crippen LogP contribution is 2.11. The van der Waals surface area contributed by atoms with Gasteiger partial charge in [0, 0.05) is 38.8 Å². The Morgan fingerprint density at radius 2 is 1.80 bits per heavy atom. The monoisotopic (exact) mass is 412 g/mol. The van der Waals surface area contributed by atoms with Crippen molar-refractivity contribution in [1.29, 1.82) is 5.26 Å². The van der Waals surface area contributed by atoms with Gasteiger partial charge in [-0.2, -0.15) is 5.26 Å². The van der Waals surface area contributed by atoms with Gasteiger partial charge >= 0.3 is 0 Å². The smallest absolute Gasteiger partial charge is 0.254 e. The molecule has 0 saturated carbocycles. The van der Waals surface area contributed by atoms with E-state index in [4.69, 9.17) is 5.26 Å². The van der Waals surface area contributed by atoms with Crippen LogP contribution in [0.15, 0.2) is 42.5 Å².